The van der Waals surface area contributed by atoms with Crippen molar-refractivity contribution in [1.29, 1.82) is 0 Å². The molecule has 1 heterocycles. The first kappa shape index (κ1) is 23.3. The molecule has 0 bridgehead atoms. The van der Waals surface area contributed by atoms with Gasteiger partial charge in [0.25, 0.3) is 5.91 Å². The number of ether oxygens (including phenoxy) is 2. The molecular weight excluding hydrogens is 483 g/mol. The van der Waals surface area contributed by atoms with Crippen LogP contribution >= 0.6 is 35.0 Å². The summed E-state index contributed by atoms with van der Waals surface area (Å²) in [5.74, 6) is 0.639. The molecule has 1 aliphatic rings. The number of anilines is 2. The first-order valence-electron chi connectivity index (χ1n) is 10.0. The highest BCUT2D eigenvalue weighted by atomic mass is 35.5. The van der Waals surface area contributed by atoms with Crippen LogP contribution in [-0.4, -0.2) is 31.3 Å². The summed E-state index contributed by atoms with van der Waals surface area (Å²) in [6.07, 6.45) is 0. The van der Waals surface area contributed by atoms with Gasteiger partial charge in [0.1, 0.15) is 5.37 Å². The second kappa shape index (κ2) is 10.4. The van der Waals surface area contributed by atoms with E-state index in [2.05, 4.69) is 5.32 Å². The lowest BCUT2D eigenvalue weighted by atomic mass is 10.1. The summed E-state index contributed by atoms with van der Waals surface area (Å²) in [5.41, 5.74) is 2.20. The van der Waals surface area contributed by atoms with Crippen LogP contribution in [0.25, 0.3) is 0 Å². The van der Waals surface area contributed by atoms with E-state index in [9.17, 15) is 9.59 Å². The number of rotatable bonds is 7. The van der Waals surface area contributed by atoms with Crippen LogP contribution in [0.2, 0.25) is 10.0 Å². The van der Waals surface area contributed by atoms with Gasteiger partial charge in [0.15, 0.2) is 18.1 Å². The van der Waals surface area contributed by atoms with Gasteiger partial charge in [0, 0.05) is 16.4 Å². The summed E-state index contributed by atoms with van der Waals surface area (Å²) < 4.78 is 11.2. The van der Waals surface area contributed by atoms with E-state index in [1.165, 1.54) is 18.9 Å². The number of methoxy groups -OCH3 is 1. The highest BCUT2D eigenvalue weighted by molar-refractivity contribution is 8.00. The zero-order valence-corrected chi connectivity index (χ0v) is 19.9. The lowest BCUT2D eigenvalue weighted by molar-refractivity contribution is -0.118. The van der Waals surface area contributed by atoms with Crippen molar-refractivity contribution in [2.45, 2.75) is 5.37 Å². The molecule has 9 heteroatoms. The third kappa shape index (κ3) is 5.38. The molecule has 0 aromatic heterocycles. The number of hydrogen-bond acceptors (Lipinski definition) is 5. The predicted octanol–water partition coefficient (Wildman–Crippen LogP) is 5.80. The molecule has 1 aliphatic heterocycles. The Kier molecular flexibility index (Phi) is 7.33. The van der Waals surface area contributed by atoms with Crippen LogP contribution in [0, 0.1) is 0 Å². The van der Waals surface area contributed by atoms with Crippen LogP contribution in [-0.2, 0) is 9.59 Å². The smallest absolute Gasteiger partial charge is 0.262 e. The predicted molar refractivity (Wildman–Crippen MR) is 133 cm³/mol. The Balaban J connectivity index is 1.53. The second-order valence-electron chi connectivity index (χ2n) is 7.14. The molecule has 4 rings (SSSR count). The van der Waals surface area contributed by atoms with E-state index in [-0.39, 0.29) is 34.6 Å². The van der Waals surface area contributed by atoms with Crippen molar-refractivity contribution >= 4 is 58.2 Å². The quantitative estimate of drug-likeness (QED) is 0.442. The van der Waals surface area contributed by atoms with Crippen molar-refractivity contribution in [2.75, 3.05) is 29.7 Å². The van der Waals surface area contributed by atoms with Gasteiger partial charge < -0.3 is 14.8 Å². The van der Waals surface area contributed by atoms with E-state index >= 15 is 0 Å². The maximum absolute atomic E-state index is 12.6. The highest BCUT2D eigenvalue weighted by Crippen LogP contribution is 2.46. The fourth-order valence-corrected chi connectivity index (χ4v) is 4.99. The Labute approximate surface area is 205 Å². The van der Waals surface area contributed by atoms with Gasteiger partial charge in [-0.05, 0) is 54.1 Å². The van der Waals surface area contributed by atoms with Gasteiger partial charge >= 0.3 is 0 Å². The van der Waals surface area contributed by atoms with Crippen molar-refractivity contribution < 1.29 is 19.1 Å². The third-order valence-corrected chi connectivity index (χ3v) is 6.66. The van der Waals surface area contributed by atoms with Gasteiger partial charge in [-0.1, -0.05) is 41.4 Å². The largest absolute Gasteiger partial charge is 0.493 e. The zero-order chi connectivity index (χ0) is 23.4. The van der Waals surface area contributed by atoms with Crippen LogP contribution in [0.3, 0.4) is 0 Å². The average Bonchev–Trinajstić information content (AvgIpc) is 3.20. The SMILES string of the molecule is COc1cc([C@@H]2SCC(=O)N2c2ccc(Cl)cc2)cc(Cl)c1OCC(=O)Nc1ccccc1. The fourth-order valence-electron chi connectivity index (χ4n) is 3.43. The summed E-state index contributed by atoms with van der Waals surface area (Å²) in [6.45, 7) is -0.238. The summed E-state index contributed by atoms with van der Waals surface area (Å²) in [7, 11) is 1.50. The van der Waals surface area contributed by atoms with Gasteiger partial charge in [-0.2, -0.15) is 0 Å². The molecule has 33 heavy (non-hydrogen) atoms. The zero-order valence-electron chi connectivity index (χ0n) is 17.6. The summed E-state index contributed by atoms with van der Waals surface area (Å²) in [6, 6.07) is 19.7. The minimum Gasteiger partial charge on any atom is -0.493 e. The molecule has 0 unspecified atom stereocenters. The molecule has 6 nitrogen and oxygen atoms in total. The fraction of sp³-hybridized carbons (Fsp3) is 0.167. The first-order valence-corrected chi connectivity index (χ1v) is 11.8. The third-order valence-electron chi connectivity index (χ3n) is 4.91. The van der Waals surface area contributed by atoms with Crippen LogP contribution in [0.15, 0.2) is 66.7 Å². The van der Waals surface area contributed by atoms with E-state index in [1.54, 1.807) is 53.4 Å². The second-order valence-corrected chi connectivity index (χ2v) is 9.05. The molecule has 0 spiro atoms. The molecule has 2 amide bonds. The van der Waals surface area contributed by atoms with Gasteiger partial charge in [0.2, 0.25) is 5.91 Å². The number of thioether (sulfide) groups is 1. The van der Waals surface area contributed by atoms with Crippen molar-refractivity contribution in [3.8, 4) is 11.5 Å². The molecule has 1 fully saturated rings. The monoisotopic (exact) mass is 502 g/mol. The number of para-hydroxylation sites is 1. The normalized spacial score (nSPS) is 15.4. The number of carbonyl (C=O) groups is 2. The Morgan fingerprint density at radius 1 is 1.12 bits per heavy atom. The molecule has 3 aromatic carbocycles. The average molecular weight is 503 g/mol. The highest BCUT2D eigenvalue weighted by Gasteiger charge is 2.35. The maximum atomic E-state index is 12.6. The summed E-state index contributed by atoms with van der Waals surface area (Å²) >= 11 is 14.0. The van der Waals surface area contributed by atoms with Crippen LogP contribution < -0.4 is 19.7 Å². The van der Waals surface area contributed by atoms with E-state index in [0.29, 0.717) is 22.2 Å². The number of amides is 2. The number of carbonyl (C=O) groups excluding carboxylic acids is 2. The molecule has 0 saturated carbocycles. The molecule has 1 N–H and O–H groups in total. The molecule has 170 valence electrons. The number of halogens is 2. The number of nitrogens with one attached hydrogen (secondary N) is 1. The number of nitrogens with zero attached hydrogens (tertiary/aromatic N) is 1. The van der Waals surface area contributed by atoms with Crippen molar-refractivity contribution in [2.24, 2.45) is 0 Å². The Hall–Kier alpha value is -2.87. The molecule has 0 aliphatic carbocycles. The van der Waals surface area contributed by atoms with Crippen LogP contribution in [0.4, 0.5) is 11.4 Å². The minimum absolute atomic E-state index is 0.0136. The molecule has 3 aromatic rings. The summed E-state index contributed by atoms with van der Waals surface area (Å²) in [5, 5.41) is 3.34. The van der Waals surface area contributed by atoms with Crippen LogP contribution in [0.1, 0.15) is 10.9 Å². The molecular formula is C24H20Cl2N2O4S. The topological polar surface area (TPSA) is 67.9 Å². The van der Waals surface area contributed by atoms with E-state index in [4.69, 9.17) is 32.7 Å². The summed E-state index contributed by atoms with van der Waals surface area (Å²) in [4.78, 5) is 26.6. The Bertz CT molecular complexity index is 1160. The Morgan fingerprint density at radius 2 is 1.85 bits per heavy atom. The lowest BCUT2D eigenvalue weighted by Crippen LogP contribution is -2.27. The van der Waals surface area contributed by atoms with E-state index in [0.717, 1.165) is 11.3 Å². The first-order chi connectivity index (χ1) is 16.0. The number of benzene rings is 3. The molecule has 1 saturated heterocycles. The van der Waals surface area contributed by atoms with Crippen molar-refractivity contribution in [1.82, 2.24) is 0 Å². The van der Waals surface area contributed by atoms with Gasteiger partial charge in [0.05, 0.1) is 17.9 Å². The van der Waals surface area contributed by atoms with E-state index in [1.807, 2.05) is 18.2 Å². The minimum atomic E-state index is -0.325. The van der Waals surface area contributed by atoms with Crippen molar-refractivity contribution in [3.05, 3.63) is 82.3 Å². The van der Waals surface area contributed by atoms with Gasteiger partial charge in [-0.25, -0.2) is 0 Å². The van der Waals surface area contributed by atoms with Gasteiger partial charge in [-0.15, -0.1) is 11.8 Å². The standard InChI is InChI=1S/C24H20Cl2N2O4S/c1-31-20-12-15(24-28(22(30)14-33-24)18-9-7-16(25)8-10-18)11-19(26)23(20)32-13-21(29)27-17-5-3-2-4-6-17/h2-12,24H,13-14H2,1H3,(H,27,29)/t24-/m0/s1. The Morgan fingerprint density at radius 3 is 2.55 bits per heavy atom. The molecule has 1 atom stereocenters. The van der Waals surface area contributed by atoms with Gasteiger partial charge in [-0.3, -0.25) is 14.5 Å². The van der Waals surface area contributed by atoms with Crippen LogP contribution in [0.5, 0.6) is 11.5 Å². The molecule has 0 radical (unpaired) electrons. The maximum Gasteiger partial charge on any atom is 0.262 e. The lowest BCUT2D eigenvalue weighted by Gasteiger charge is -2.25. The number of hydrogen-bond donors (Lipinski definition) is 1. The van der Waals surface area contributed by atoms with E-state index < -0.39 is 0 Å². The van der Waals surface area contributed by atoms with Crippen molar-refractivity contribution in [3.63, 3.8) is 0 Å².